The molecule has 3 aliphatic rings. The van der Waals surface area contributed by atoms with Crippen LogP contribution in [0.25, 0.3) is 11.3 Å². The molecule has 18 nitrogen and oxygen atoms in total. The zero-order chi connectivity index (χ0) is 58.3. The molecule has 80 heavy (non-hydrogen) atoms. The van der Waals surface area contributed by atoms with Gasteiger partial charge in [-0.3, -0.25) is 24.9 Å². The highest BCUT2D eigenvalue weighted by Crippen LogP contribution is 2.42. The number of amides is 4. The van der Waals surface area contributed by atoms with Crippen LogP contribution in [-0.2, 0) is 41.5 Å². The lowest BCUT2D eigenvalue weighted by molar-refractivity contribution is -0.221. The van der Waals surface area contributed by atoms with E-state index in [2.05, 4.69) is 51.8 Å². The number of ether oxygens (including phenoxy) is 4. The van der Waals surface area contributed by atoms with Gasteiger partial charge in [0, 0.05) is 60.8 Å². The molecule has 0 radical (unpaired) electrons. The number of aromatic nitrogens is 2. The fourth-order valence-electron chi connectivity index (χ4n) is 9.36. The second kappa shape index (κ2) is 25.1. The lowest BCUT2D eigenvalue weighted by Crippen LogP contribution is -2.70. The molecular formula is C54H61F8N9O9. The average molecular weight is 1130 g/mol. The van der Waals surface area contributed by atoms with Crippen LogP contribution in [0.1, 0.15) is 49.9 Å². The largest absolute Gasteiger partial charge is 0.453 e. The molecule has 5 heterocycles. The molecule has 2 aromatic heterocycles. The van der Waals surface area contributed by atoms with Crippen LogP contribution in [0.5, 0.6) is 0 Å². The number of aliphatic hydroxyl groups is 1. The topological polar surface area (TPSA) is 209 Å². The molecule has 6 atom stereocenters. The summed E-state index contributed by atoms with van der Waals surface area (Å²) in [4.78, 5) is 66.4. The van der Waals surface area contributed by atoms with Gasteiger partial charge in [0.1, 0.15) is 29.5 Å². The van der Waals surface area contributed by atoms with Gasteiger partial charge in [-0.25, -0.2) is 28.4 Å². The van der Waals surface area contributed by atoms with Crippen molar-refractivity contribution < 1.29 is 78.4 Å². The van der Waals surface area contributed by atoms with E-state index in [0.29, 0.717) is 81.9 Å². The molecule has 432 valence electrons. The van der Waals surface area contributed by atoms with Crippen molar-refractivity contribution in [2.24, 2.45) is 10.8 Å². The number of alkyl carbamates (subject to hydrolysis) is 2. The number of halogens is 8. The van der Waals surface area contributed by atoms with E-state index in [1.165, 1.54) is 24.4 Å². The van der Waals surface area contributed by atoms with E-state index in [1.54, 1.807) is 30.5 Å². The number of nitrogens with zero attached hydrogens (tertiary/aromatic N) is 5. The number of methoxy groups -OCH3 is 2. The lowest BCUT2D eigenvalue weighted by Gasteiger charge is -2.54. The van der Waals surface area contributed by atoms with Crippen LogP contribution in [0.4, 0.5) is 50.5 Å². The number of carbonyl (C=O) groups excluding carboxylic acids is 4. The van der Waals surface area contributed by atoms with E-state index >= 15 is 8.78 Å². The minimum Gasteiger partial charge on any atom is -0.453 e. The van der Waals surface area contributed by atoms with E-state index in [1.807, 2.05) is 22.8 Å². The van der Waals surface area contributed by atoms with Crippen LogP contribution in [0.2, 0.25) is 0 Å². The monoisotopic (exact) mass is 1130 g/mol. The van der Waals surface area contributed by atoms with Gasteiger partial charge in [0.25, 0.3) is 5.91 Å². The molecule has 7 rings (SSSR count). The summed E-state index contributed by atoms with van der Waals surface area (Å²) < 4.78 is 140. The van der Waals surface area contributed by atoms with Gasteiger partial charge in [0.2, 0.25) is 5.91 Å². The van der Waals surface area contributed by atoms with Crippen molar-refractivity contribution in [2.75, 3.05) is 65.2 Å². The summed E-state index contributed by atoms with van der Waals surface area (Å²) in [5, 5.41) is 18.7. The molecule has 3 aliphatic heterocycles. The fourth-order valence-corrected chi connectivity index (χ4v) is 9.36. The highest BCUT2D eigenvalue weighted by Gasteiger charge is 2.57. The molecule has 4 amide bonds. The van der Waals surface area contributed by atoms with Gasteiger partial charge in [0.15, 0.2) is 0 Å². The summed E-state index contributed by atoms with van der Waals surface area (Å²) in [6, 6.07) is 10.4. The normalized spacial score (nSPS) is 18.6. The number of morpholine rings is 1. The van der Waals surface area contributed by atoms with Crippen molar-refractivity contribution in [1.82, 2.24) is 41.3 Å². The van der Waals surface area contributed by atoms with Gasteiger partial charge in [0.05, 0.1) is 87.4 Å². The fraction of sp³-hybridized carbons (Fsp3) is 0.481. The number of nitrogens with one attached hydrogen (secondary N) is 4. The first kappa shape index (κ1) is 60.5. The predicted octanol–water partition coefficient (Wildman–Crippen LogP) is 5.66. The third-order valence-corrected chi connectivity index (χ3v) is 14.4. The second-order valence-electron chi connectivity index (χ2n) is 20.7. The van der Waals surface area contributed by atoms with E-state index < -0.39 is 108 Å². The Labute approximate surface area is 455 Å². The van der Waals surface area contributed by atoms with Crippen LogP contribution >= 0.6 is 0 Å². The number of anilines is 1. The van der Waals surface area contributed by atoms with E-state index in [4.69, 9.17) is 9.47 Å². The Morgan fingerprint density at radius 2 is 1.27 bits per heavy atom. The first-order chi connectivity index (χ1) is 37.7. The first-order valence-electron chi connectivity index (χ1n) is 25.2. The highest BCUT2D eigenvalue weighted by molar-refractivity contribution is 5.87. The van der Waals surface area contributed by atoms with Crippen molar-refractivity contribution in [2.45, 2.75) is 95.4 Å². The van der Waals surface area contributed by atoms with E-state index in [0.717, 1.165) is 45.3 Å². The number of carbonyl (C=O) groups is 4. The quantitative estimate of drug-likeness (QED) is 0.0463. The molecule has 0 spiro atoms. The number of hydrogen-bond acceptors (Lipinski definition) is 14. The standard InChI is InChI=1S/C54H61F8N9O9/c1-51(2,53(57,58)59)45(66-49(75)77-5)47(73)65-42(19-32-13-10-31(11-14-32)12-15-33-16-17-44(64-22-33)69-23-35-27-79-28-36(24-69)71(35)37-29-80-30-37)43(72)26-70(68-48(74)46(67-50(76)78-6)52(3,4)54(60,61)62)25-38-39(55)20-34(21-40(38)56)41-9-7-8-18-63-41/h7-11,13-14,16-18,20-22,35-37,42-43,45-46,72H,19,23-30H2,1-6H3,(H,65,73)(H,66,75)(H,67,76)(H,68,74)/t35?,36?,42-,43-,45+,46+/m0/s1. The van der Waals surface area contributed by atoms with E-state index in [9.17, 15) is 50.6 Å². The molecule has 0 aliphatic carbocycles. The van der Waals surface area contributed by atoms with Gasteiger partial charge >= 0.3 is 24.5 Å². The molecule has 4 aromatic rings. The minimum absolute atomic E-state index is 0.0320. The third-order valence-electron chi connectivity index (χ3n) is 14.4. The molecule has 0 saturated carbocycles. The van der Waals surface area contributed by atoms with Gasteiger partial charge in [-0.1, -0.05) is 30.0 Å². The summed E-state index contributed by atoms with van der Waals surface area (Å²) in [5.74, 6) is 1.25. The van der Waals surface area contributed by atoms with Crippen molar-refractivity contribution in [3.8, 4) is 23.1 Å². The molecular weight excluding hydrogens is 1070 g/mol. The second-order valence-corrected chi connectivity index (χ2v) is 20.7. The number of hydrazine groups is 1. The predicted molar refractivity (Wildman–Crippen MR) is 272 cm³/mol. The Hall–Kier alpha value is -7.18. The van der Waals surface area contributed by atoms with E-state index in [-0.39, 0.29) is 23.3 Å². The van der Waals surface area contributed by atoms with Crippen LogP contribution < -0.4 is 26.3 Å². The van der Waals surface area contributed by atoms with Crippen molar-refractivity contribution in [3.63, 3.8) is 0 Å². The molecule has 2 aromatic carbocycles. The Morgan fingerprint density at radius 3 is 1.77 bits per heavy atom. The number of pyridine rings is 2. The first-order valence-corrected chi connectivity index (χ1v) is 25.2. The van der Waals surface area contributed by atoms with Gasteiger partial charge in [-0.15, -0.1) is 0 Å². The van der Waals surface area contributed by atoms with Crippen LogP contribution in [0.3, 0.4) is 0 Å². The third kappa shape index (κ3) is 14.2. The number of hydrogen-bond donors (Lipinski definition) is 5. The Kier molecular flexibility index (Phi) is 19.0. The minimum atomic E-state index is -5.18. The summed E-state index contributed by atoms with van der Waals surface area (Å²) >= 11 is 0. The maximum absolute atomic E-state index is 16.0. The zero-order valence-electron chi connectivity index (χ0n) is 44.4. The summed E-state index contributed by atoms with van der Waals surface area (Å²) in [5.41, 5.74) is -3.27. The molecule has 2 bridgehead atoms. The Morgan fingerprint density at radius 1 is 0.738 bits per heavy atom. The lowest BCUT2D eigenvalue weighted by atomic mass is 9.82. The number of aliphatic hydroxyl groups excluding tert-OH is 1. The van der Waals surface area contributed by atoms with Crippen LogP contribution in [0.15, 0.2) is 79.1 Å². The number of rotatable bonds is 18. The van der Waals surface area contributed by atoms with Gasteiger partial charge in [-0.05, 0) is 88.2 Å². The number of piperazine rings is 1. The Bertz CT molecular complexity index is 2850. The maximum atomic E-state index is 16.0. The zero-order valence-corrected chi connectivity index (χ0v) is 44.4. The summed E-state index contributed by atoms with van der Waals surface area (Å²) in [7, 11) is 1.66. The highest BCUT2D eigenvalue weighted by atomic mass is 19.4. The molecule has 3 fully saturated rings. The smallest absolute Gasteiger partial charge is 0.407 e. The van der Waals surface area contributed by atoms with Gasteiger partial charge < -0.3 is 44.9 Å². The van der Waals surface area contributed by atoms with Crippen LogP contribution in [0, 0.1) is 34.3 Å². The molecule has 5 N–H and O–H groups in total. The average Bonchev–Trinajstić information content (AvgIpc) is 3.51. The number of fused-ring (bicyclic) bond motifs is 2. The Balaban J connectivity index is 1.17. The number of alkyl halides is 6. The number of benzene rings is 2. The molecule has 26 heteroatoms. The maximum Gasteiger partial charge on any atom is 0.407 e. The summed E-state index contributed by atoms with van der Waals surface area (Å²) in [6.45, 7) is 4.42. The van der Waals surface area contributed by atoms with Crippen molar-refractivity contribution in [1.29, 1.82) is 0 Å². The molecule has 3 saturated heterocycles. The van der Waals surface area contributed by atoms with Crippen LogP contribution in [-0.4, -0.2) is 164 Å². The SMILES string of the molecule is COC(=O)N[C@H](C(=O)N[C@@H](Cc1ccc(C#Cc2ccc(N3CC4COCC(C3)N4C3COC3)nc2)cc1)[C@@H](O)CN(Cc1c(F)cc(-c2ccccn2)cc1F)NC(=O)[C@@H](NC(=O)OC)C(C)(C)C(F)(F)F)C(C)(C)C(F)(F)F. The molecule has 2 unspecified atom stereocenters. The summed E-state index contributed by atoms with van der Waals surface area (Å²) in [6.07, 6.45) is -12.7. The van der Waals surface area contributed by atoms with Crippen molar-refractivity contribution in [3.05, 3.63) is 113 Å². The van der Waals surface area contributed by atoms with Crippen molar-refractivity contribution >= 4 is 29.8 Å². The van der Waals surface area contributed by atoms with Gasteiger partial charge in [-0.2, -0.15) is 26.3 Å².